The number of benzene rings is 1. The Morgan fingerprint density at radius 3 is 2.94 bits per heavy atom. The molecular formula is C12H14ClNO2. The van der Waals surface area contributed by atoms with Crippen LogP contribution < -0.4 is 10.1 Å². The number of hydrogen-bond donors (Lipinski definition) is 1. The maximum Gasteiger partial charge on any atom is 0.227 e. The molecular weight excluding hydrogens is 226 g/mol. The lowest BCUT2D eigenvalue weighted by Gasteiger charge is -2.11. The quantitative estimate of drug-likeness (QED) is 0.877. The molecule has 0 unspecified atom stereocenters. The van der Waals surface area contributed by atoms with Crippen LogP contribution in [-0.4, -0.2) is 12.5 Å². The topological polar surface area (TPSA) is 38.3 Å². The van der Waals surface area contributed by atoms with Gasteiger partial charge in [0.1, 0.15) is 5.75 Å². The van der Waals surface area contributed by atoms with E-state index in [1.165, 1.54) is 0 Å². The van der Waals surface area contributed by atoms with Crippen molar-refractivity contribution in [2.75, 3.05) is 11.9 Å². The molecule has 0 spiro atoms. The number of ether oxygens (including phenoxy) is 1. The maximum absolute atomic E-state index is 11.6. The van der Waals surface area contributed by atoms with Crippen molar-refractivity contribution in [1.82, 2.24) is 0 Å². The van der Waals surface area contributed by atoms with Crippen LogP contribution in [0.1, 0.15) is 19.8 Å². The number of nitrogens with one attached hydrogen (secondary N) is 1. The Bertz CT molecular complexity index is 402. The third-order valence-electron chi connectivity index (χ3n) is 2.45. The van der Waals surface area contributed by atoms with Crippen LogP contribution in [0.3, 0.4) is 0 Å². The molecule has 0 aliphatic heterocycles. The van der Waals surface area contributed by atoms with Gasteiger partial charge in [-0.25, -0.2) is 0 Å². The third-order valence-corrected chi connectivity index (χ3v) is 2.68. The van der Waals surface area contributed by atoms with Gasteiger partial charge < -0.3 is 10.1 Å². The molecule has 0 bridgehead atoms. The molecule has 1 aromatic rings. The van der Waals surface area contributed by atoms with E-state index < -0.39 is 0 Å². The number of carbonyl (C=O) groups excluding carboxylic acids is 1. The van der Waals surface area contributed by atoms with E-state index in [1.54, 1.807) is 18.2 Å². The van der Waals surface area contributed by atoms with Crippen LogP contribution in [0.15, 0.2) is 18.2 Å². The molecule has 1 N–H and O–H groups in total. The van der Waals surface area contributed by atoms with Crippen LogP contribution in [0.2, 0.25) is 5.02 Å². The number of hydrogen-bond acceptors (Lipinski definition) is 2. The first kappa shape index (κ1) is 11.3. The Morgan fingerprint density at radius 1 is 1.56 bits per heavy atom. The molecule has 1 aliphatic rings. The summed E-state index contributed by atoms with van der Waals surface area (Å²) >= 11 is 5.89. The SMILES string of the molecule is CCOc1ccc(Cl)cc1NC(=O)C1CC1. The Morgan fingerprint density at radius 2 is 2.31 bits per heavy atom. The average molecular weight is 240 g/mol. The van der Waals surface area contributed by atoms with Crippen molar-refractivity contribution in [1.29, 1.82) is 0 Å². The van der Waals surface area contributed by atoms with Crippen LogP contribution in [0, 0.1) is 5.92 Å². The number of anilines is 1. The summed E-state index contributed by atoms with van der Waals surface area (Å²) in [6.07, 6.45) is 1.97. The molecule has 1 amide bonds. The van der Waals surface area contributed by atoms with Gasteiger partial charge in [-0.3, -0.25) is 4.79 Å². The maximum atomic E-state index is 11.6. The highest BCUT2D eigenvalue weighted by Gasteiger charge is 2.30. The van der Waals surface area contributed by atoms with Gasteiger partial charge in [0.15, 0.2) is 0 Å². The zero-order valence-corrected chi connectivity index (χ0v) is 9.88. The smallest absolute Gasteiger partial charge is 0.227 e. The first-order chi connectivity index (χ1) is 7.70. The number of halogens is 1. The minimum Gasteiger partial charge on any atom is -0.492 e. The summed E-state index contributed by atoms with van der Waals surface area (Å²) in [6.45, 7) is 2.47. The van der Waals surface area contributed by atoms with Crippen LogP contribution in [-0.2, 0) is 4.79 Å². The third kappa shape index (κ3) is 2.67. The predicted octanol–water partition coefficient (Wildman–Crippen LogP) is 3.09. The Kier molecular flexibility index (Phi) is 3.34. The summed E-state index contributed by atoms with van der Waals surface area (Å²) in [5, 5.41) is 3.44. The predicted molar refractivity (Wildman–Crippen MR) is 64.0 cm³/mol. The largest absolute Gasteiger partial charge is 0.492 e. The van der Waals surface area contributed by atoms with Gasteiger partial charge in [-0.1, -0.05) is 11.6 Å². The zero-order chi connectivity index (χ0) is 11.5. The van der Waals surface area contributed by atoms with E-state index in [0.717, 1.165) is 12.8 Å². The van der Waals surface area contributed by atoms with E-state index in [4.69, 9.17) is 16.3 Å². The first-order valence-corrected chi connectivity index (χ1v) is 5.81. The molecule has 2 rings (SSSR count). The van der Waals surface area contributed by atoms with Crippen molar-refractivity contribution in [3.63, 3.8) is 0 Å². The lowest BCUT2D eigenvalue weighted by atomic mass is 10.2. The van der Waals surface area contributed by atoms with Crippen molar-refractivity contribution >= 4 is 23.2 Å². The second-order valence-corrected chi connectivity index (χ2v) is 4.27. The van der Waals surface area contributed by atoms with E-state index in [0.29, 0.717) is 23.1 Å². The summed E-state index contributed by atoms with van der Waals surface area (Å²) in [6, 6.07) is 5.24. The van der Waals surface area contributed by atoms with Crippen LogP contribution >= 0.6 is 11.6 Å². The van der Waals surface area contributed by atoms with Gasteiger partial charge >= 0.3 is 0 Å². The van der Waals surface area contributed by atoms with Crippen LogP contribution in [0.4, 0.5) is 5.69 Å². The van der Waals surface area contributed by atoms with Gasteiger partial charge in [-0.15, -0.1) is 0 Å². The highest BCUT2D eigenvalue weighted by molar-refractivity contribution is 6.31. The van der Waals surface area contributed by atoms with Crippen molar-refractivity contribution in [3.05, 3.63) is 23.2 Å². The molecule has 1 aromatic carbocycles. The fourth-order valence-corrected chi connectivity index (χ4v) is 1.63. The highest BCUT2D eigenvalue weighted by Crippen LogP contribution is 2.33. The van der Waals surface area contributed by atoms with E-state index >= 15 is 0 Å². The molecule has 4 heteroatoms. The van der Waals surface area contributed by atoms with E-state index in [9.17, 15) is 4.79 Å². The van der Waals surface area contributed by atoms with E-state index in [1.807, 2.05) is 6.92 Å². The summed E-state index contributed by atoms with van der Waals surface area (Å²) in [4.78, 5) is 11.6. The Hall–Kier alpha value is -1.22. The van der Waals surface area contributed by atoms with E-state index in [-0.39, 0.29) is 11.8 Å². The molecule has 3 nitrogen and oxygen atoms in total. The Balaban J connectivity index is 2.15. The number of carbonyl (C=O) groups is 1. The van der Waals surface area contributed by atoms with Gasteiger partial charge in [-0.2, -0.15) is 0 Å². The van der Waals surface area contributed by atoms with Gasteiger partial charge in [0, 0.05) is 10.9 Å². The Labute approximate surface area is 99.7 Å². The molecule has 0 heterocycles. The van der Waals surface area contributed by atoms with Crippen LogP contribution in [0.25, 0.3) is 0 Å². The van der Waals surface area contributed by atoms with Crippen molar-refractivity contribution in [2.24, 2.45) is 5.92 Å². The second kappa shape index (κ2) is 4.74. The molecule has 0 aromatic heterocycles. The summed E-state index contributed by atoms with van der Waals surface area (Å²) in [5.74, 6) is 0.901. The van der Waals surface area contributed by atoms with E-state index in [2.05, 4.69) is 5.32 Å². The van der Waals surface area contributed by atoms with Gasteiger partial charge in [0.2, 0.25) is 5.91 Å². The lowest BCUT2D eigenvalue weighted by molar-refractivity contribution is -0.117. The molecule has 1 saturated carbocycles. The summed E-state index contributed by atoms with van der Waals surface area (Å²) in [5.41, 5.74) is 0.659. The lowest BCUT2D eigenvalue weighted by Crippen LogP contribution is -2.14. The minimum absolute atomic E-state index is 0.0585. The standard InChI is InChI=1S/C12H14ClNO2/c1-2-16-11-6-5-9(13)7-10(11)14-12(15)8-3-4-8/h5-8H,2-4H2,1H3,(H,14,15). The first-order valence-electron chi connectivity index (χ1n) is 5.44. The van der Waals surface area contributed by atoms with Crippen molar-refractivity contribution in [3.8, 4) is 5.75 Å². The normalized spacial score (nSPS) is 14.6. The number of rotatable bonds is 4. The molecule has 0 atom stereocenters. The monoisotopic (exact) mass is 239 g/mol. The second-order valence-electron chi connectivity index (χ2n) is 3.84. The van der Waals surface area contributed by atoms with Gasteiger partial charge in [0.25, 0.3) is 0 Å². The molecule has 1 aliphatic carbocycles. The molecule has 1 fully saturated rings. The fraction of sp³-hybridized carbons (Fsp3) is 0.417. The molecule has 0 radical (unpaired) electrons. The van der Waals surface area contributed by atoms with Crippen molar-refractivity contribution in [2.45, 2.75) is 19.8 Å². The van der Waals surface area contributed by atoms with Gasteiger partial charge in [-0.05, 0) is 38.0 Å². The highest BCUT2D eigenvalue weighted by atomic mass is 35.5. The molecule has 16 heavy (non-hydrogen) atoms. The van der Waals surface area contributed by atoms with Crippen LogP contribution in [0.5, 0.6) is 5.75 Å². The summed E-state index contributed by atoms with van der Waals surface area (Å²) in [7, 11) is 0. The van der Waals surface area contributed by atoms with Crippen molar-refractivity contribution < 1.29 is 9.53 Å². The average Bonchev–Trinajstić information content (AvgIpc) is 3.05. The fourth-order valence-electron chi connectivity index (χ4n) is 1.46. The summed E-state index contributed by atoms with van der Waals surface area (Å²) < 4.78 is 5.42. The van der Waals surface area contributed by atoms with Gasteiger partial charge in [0.05, 0.1) is 12.3 Å². The molecule has 86 valence electrons. The zero-order valence-electron chi connectivity index (χ0n) is 9.13. The molecule has 0 saturated heterocycles. The number of amides is 1. The minimum atomic E-state index is 0.0585.